The second-order valence-corrected chi connectivity index (χ2v) is 7.82. The molecule has 1 aromatic rings. The molecular formula is C22H33NO2. The molecule has 1 N–H and O–H groups in total. The molecule has 0 fully saturated rings. The van der Waals surface area contributed by atoms with E-state index in [0.717, 1.165) is 30.6 Å². The molecule has 1 aromatic carbocycles. The van der Waals surface area contributed by atoms with E-state index in [2.05, 4.69) is 32.2 Å². The summed E-state index contributed by atoms with van der Waals surface area (Å²) in [5.41, 5.74) is 4.88. The Bertz CT molecular complexity index is 757. The lowest BCUT2D eigenvalue weighted by Gasteiger charge is -2.29. The lowest BCUT2D eigenvalue weighted by molar-refractivity contribution is -0.122. The summed E-state index contributed by atoms with van der Waals surface area (Å²) in [5, 5.41) is 2.81. The van der Waals surface area contributed by atoms with Crippen molar-refractivity contribution in [3.8, 4) is 5.75 Å². The fourth-order valence-corrected chi connectivity index (χ4v) is 4.40. The molecule has 3 rings (SSSR count). The third-order valence-electron chi connectivity index (χ3n) is 6.06. The Balaban J connectivity index is 2.02. The number of hydrogen-bond donors (Lipinski definition) is 1. The number of carbonyl (C=O) groups excluding carboxylic acids is 1. The molecule has 25 heavy (non-hydrogen) atoms. The molecule has 2 aliphatic rings. The fourth-order valence-electron chi connectivity index (χ4n) is 4.40. The lowest BCUT2D eigenvalue weighted by Crippen LogP contribution is -2.39. The molecule has 0 aromatic heterocycles. The van der Waals surface area contributed by atoms with Crippen molar-refractivity contribution in [1.29, 1.82) is 0 Å². The van der Waals surface area contributed by atoms with Gasteiger partial charge in [0.15, 0.2) is 0 Å². The highest BCUT2D eigenvalue weighted by molar-refractivity contribution is 5.76. The van der Waals surface area contributed by atoms with Gasteiger partial charge in [0.1, 0.15) is 11.9 Å². The second kappa shape index (κ2) is 7.01. The van der Waals surface area contributed by atoms with Crippen LogP contribution in [0.1, 0.15) is 90.7 Å². The number of fused-ring (bicyclic) bond motifs is 3. The van der Waals surface area contributed by atoms with Gasteiger partial charge in [-0.15, -0.1) is 0 Å². The van der Waals surface area contributed by atoms with Crippen molar-refractivity contribution >= 4 is 5.91 Å². The van der Waals surface area contributed by atoms with Crippen molar-refractivity contribution in [2.24, 2.45) is 5.89 Å². The minimum absolute atomic E-state index is 0.0948. The van der Waals surface area contributed by atoms with Crippen molar-refractivity contribution in [3.63, 3.8) is 0 Å². The number of ether oxygens (including phenoxy) is 1. The first kappa shape index (κ1) is 15.7. The van der Waals surface area contributed by atoms with Gasteiger partial charge in [0.2, 0.25) is 5.91 Å². The van der Waals surface area contributed by atoms with E-state index in [9.17, 15) is 6.17 Å². The van der Waals surface area contributed by atoms with Crippen LogP contribution >= 0.6 is 0 Å². The summed E-state index contributed by atoms with van der Waals surface area (Å²) < 4.78 is 24.1. The summed E-state index contributed by atoms with van der Waals surface area (Å²) in [4.78, 5) is 12.2. The fraction of sp³-hybridized carbons (Fsp3) is 0.682. The average Bonchev–Trinajstić information content (AvgIpc) is 3.09. The van der Waals surface area contributed by atoms with E-state index < -0.39 is 11.9 Å². The number of aryl methyl sites for hydroxylation is 2. The van der Waals surface area contributed by atoms with Gasteiger partial charge in [-0.3, -0.25) is 4.79 Å². The van der Waals surface area contributed by atoms with Crippen LogP contribution in [0.15, 0.2) is 6.07 Å². The number of nitrogens with one attached hydrogen (secondary N) is 1. The molecule has 1 heterocycles. The van der Waals surface area contributed by atoms with Gasteiger partial charge in [0.05, 0.1) is 1.37 Å². The minimum Gasteiger partial charge on any atom is -0.490 e. The first-order chi connectivity index (χ1) is 12.5. The number of hydrogen-bond acceptors (Lipinski definition) is 2. The van der Waals surface area contributed by atoms with Crippen molar-refractivity contribution in [2.45, 2.75) is 91.2 Å². The van der Waals surface area contributed by atoms with Gasteiger partial charge in [-0.05, 0) is 68.5 Å². The van der Waals surface area contributed by atoms with E-state index in [1.54, 1.807) is 6.92 Å². The van der Waals surface area contributed by atoms with E-state index in [1.807, 2.05) is 13.8 Å². The molecule has 0 saturated heterocycles. The molecule has 1 aliphatic heterocycles. The number of amides is 1. The Morgan fingerprint density at radius 1 is 1.40 bits per heavy atom. The molecular weight excluding hydrogens is 310 g/mol. The summed E-state index contributed by atoms with van der Waals surface area (Å²) in [6.45, 7) is 11.8. The Morgan fingerprint density at radius 3 is 2.80 bits per heavy atom. The molecule has 3 heteroatoms. The molecule has 0 radical (unpaired) electrons. The zero-order chi connectivity index (χ0) is 20.1. The predicted molar refractivity (Wildman–Crippen MR) is 102 cm³/mol. The smallest absolute Gasteiger partial charge is 0.220 e. The lowest BCUT2D eigenvalue weighted by atomic mass is 9.79. The van der Waals surface area contributed by atoms with Crippen LogP contribution in [0.25, 0.3) is 0 Å². The molecule has 138 valence electrons. The van der Waals surface area contributed by atoms with Gasteiger partial charge in [0.25, 0.3) is 0 Å². The highest BCUT2D eigenvalue weighted by Crippen LogP contribution is 2.51. The van der Waals surface area contributed by atoms with Gasteiger partial charge < -0.3 is 10.1 Å². The average molecular weight is 346 g/mol. The van der Waals surface area contributed by atoms with Crippen molar-refractivity contribution in [1.82, 2.24) is 5.32 Å². The van der Waals surface area contributed by atoms with Crippen LogP contribution in [-0.2, 0) is 11.2 Å². The number of carbonyl (C=O) groups is 1. The molecule has 5 atom stereocenters. The molecule has 1 aliphatic carbocycles. The van der Waals surface area contributed by atoms with Crippen LogP contribution in [0.2, 0.25) is 0 Å². The largest absolute Gasteiger partial charge is 0.490 e. The van der Waals surface area contributed by atoms with Crippen LogP contribution in [0.5, 0.6) is 5.75 Å². The molecule has 1 amide bonds. The van der Waals surface area contributed by atoms with Gasteiger partial charge in [-0.2, -0.15) is 0 Å². The third-order valence-corrected chi connectivity index (χ3v) is 6.06. The number of rotatable bonds is 5. The first-order valence-corrected chi connectivity index (χ1v) is 9.65. The quantitative estimate of drug-likeness (QED) is 0.828. The summed E-state index contributed by atoms with van der Waals surface area (Å²) in [5.74, 6) is -0.139. The highest BCUT2D eigenvalue weighted by atomic mass is 16.5. The van der Waals surface area contributed by atoms with E-state index in [4.69, 9.17) is 6.11 Å². The Morgan fingerprint density at radius 2 is 2.12 bits per heavy atom. The van der Waals surface area contributed by atoms with Crippen molar-refractivity contribution in [2.75, 3.05) is 0 Å². The molecule has 0 saturated carbocycles. The summed E-state index contributed by atoms with van der Waals surface area (Å²) in [6, 6.07) is 0.837. The predicted octanol–water partition coefficient (Wildman–Crippen LogP) is 4.85. The zero-order valence-corrected chi connectivity index (χ0v) is 16.5. The van der Waals surface area contributed by atoms with Crippen LogP contribution in [-0.4, -0.2) is 18.0 Å². The maximum atomic E-state index is 12.2. The van der Waals surface area contributed by atoms with Crippen molar-refractivity contribution in [3.05, 3.63) is 28.3 Å². The summed E-state index contributed by atoms with van der Waals surface area (Å²) in [7, 11) is 0. The standard InChI is InChI=1S/C22H33NO2/c1-7-8-19(24)23-15(5)13(3)18-10-9-17-11-12(2)22-20(21(17)18)14(4)16(6)25-22/h11,13-16,18H,7-10H2,1-6H3,(H,23,24)/t13?,14?,15?,16?,18-/m0/s1/i13D,15D. The van der Waals surface area contributed by atoms with Gasteiger partial charge >= 0.3 is 0 Å². The van der Waals surface area contributed by atoms with Crippen LogP contribution in [0.4, 0.5) is 0 Å². The SMILES string of the molecule is [2H]C(C)(NC(=O)CCC)C([2H])(C)[C@@H]1CCc2cc(C)c3c(c21)C(C)C(C)O3. The molecule has 0 spiro atoms. The second-order valence-electron chi connectivity index (χ2n) is 7.82. The Hall–Kier alpha value is -1.51. The molecule has 4 unspecified atom stereocenters. The molecule has 3 nitrogen and oxygen atoms in total. The molecule has 0 bridgehead atoms. The maximum absolute atomic E-state index is 12.2. The topological polar surface area (TPSA) is 38.3 Å². The normalized spacial score (nSPS) is 30.2. The summed E-state index contributed by atoms with van der Waals surface area (Å²) >= 11 is 0. The van der Waals surface area contributed by atoms with Crippen molar-refractivity contribution < 1.29 is 12.3 Å². The monoisotopic (exact) mass is 345 g/mol. The maximum Gasteiger partial charge on any atom is 0.220 e. The number of benzene rings is 1. The highest BCUT2D eigenvalue weighted by Gasteiger charge is 2.39. The van der Waals surface area contributed by atoms with E-state index >= 15 is 0 Å². The first-order valence-electron chi connectivity index (χ1n) is 10.6. The zero-order valence-electron chi connectivity index (χ0n) is 18.5. The van der Waals surface area contributed by atoms with E-state index in [-0.39, 0.29) is 23.8 Å². The van der Waals surface area contributed by atoms with E-state index in [0.29, 0.717) is 6.42 Å². The van der Waals surface area contributed by atoms with Crippen LogP contribution in [0, 0.1) is 12.8 Å². The van der Waals surface area contributed by atoms with Gasteiger partial charge in [-0.25, -0.2) is 0 Å². The van der Waals surface area contributed by atoms with Gasteiger partial charge in [-0.1, -0.05) is 26.8 Å². The third kappa shape index (κ3) is 3.18. The Kier molecular flexibility index (Phi) is 4.41. The van der Waals surface area contributed by atoms with Crippen LogP contribution < -0.4 is 10.1 Å². The Labute approximate surface area is 155 Å². The summed E-state index contributed by atoms with van der Waals surface area (Å²) in [6.07, 6.45) is 3.01. The van der Waals surface area contributed by atoms with E-state index in [1.165, 1.54) is 16.7 Å². The van der Waals surface area contributed by atoms with Crippen LogP contribution in [0.3, 0.4) is 0 Å². The van der Waals surface area contributed by atoms with Gasteiger partial charge in [0, 0.05) is 25.3 Å². The minimum atomic E-state index is -1.36.